The van der Waals surface area contributed by atoms with E-state index < -0.39 is 0 Å². The second-order valence-corrected chi connectivity index (χ2v) is 7.82. The van der Waals surface area contributed by atoms with Crippen LogP contribution in [0.3, 0.4) is 0 Å². The molecule has 0 bridgehead atoms. The summed E-state index contributed by atoms with van der Waals surface area (Å²) in [5, 5.41) is 7.53. The summed E-state index contributed by atoms with van der Waals surface area (Å²) in [7, 11) is 1.88. The topological polar surface area (TPSA) is 70.5 Å². The number of urea groups is 1. The van der Waals surface area contributed by atoms with Crippen LogP contribution in [0, 0.1) is 13.8 Å². The molecular formula is C21H27N5O2. The van der Waals surface area contributed by atoms with Gasteiger partial charge in [-0.1, -0.05) is 12.1 Å². The number of amides is 3. The minimum Gasteiger partial charge on any atom is -0.337 e. The number of carbonyl (C=O) groups excluding carboxylic acids is 2. The normalized spacial score (nSPS) is 16.2. The Labute approximate surface area is 165 Å². The van der Waals surface area contributed by atoms with Crippen molar-refractivity contribution in [1.29, 1.82) is 0 Å². The number of hydrogen-bond donors (Lipinski definition) is 1. The zero-order chi connectivity index (χ0) is 19.8. The number of anilines is 1. The number of aromatic nitrogens is 2. The molecule has 2 aliphatic rings. The molecule has 3 amide bonds. The highest BCUT2D eigenvalue weighted by Gasteiger charge is 2.32. The molecule has 0 radical (unpaired) electrons. The number of rotatable bonds is 2. The number of aryl methyl sites for hydroxylation is 3. The first-order chi connectivity index (χ1) is 13.4. The molecule has 0 aliphatic carbocycles. The summed E-state index contributed by atoms with van der Waals surface area (Å²) in [4.78, 5) is 29.4. The molecule has 1 aromatic heterocycles. The average molecular weight is 381 g/mol. The minimum atomic E-state index is -0.136. The summed E-state index contributed by atoms with van der Waals surface area (Å²) in [5.74, 6) is -0.00821. The molecule has 2 aromatic rings. The van der Waals surface area contributed by atoms with Gasteiger partial charge < -0.3 is 15.1 Å². The third kappa shape index (κ3) is 3.37. The molecule has 4 rings (SSSR count). The largest absolute Gasteiger partial charge is 0.337 e. The van der Waals surface area contributed by atoms with Crippen molar-refractivity contribution in [1.82, 2.24) is 19.6 Å². The van der Waals surface area contributed by atoms with Crippen molar-refractivity contribution in [3.8, 4) is 0 Å². The highest BCUT2D eigenvalue weighted by molar-refractivity contribution is 5.95. The van der Waals surface area contributed by atoms with Crippen LogP contribution < -0.4 is 5.32 Å². The van der Waals surface area contributed by atoms with E-state index in [0.717, 1.165) is 54.0 Å². The fourth-order valence-electron chi connectivity index (χ4n) is 4.07. The van der Waals surface area contributed by atoms with Crippen molar-refractivity contribution < 1.29 is 9.59 Å². The molecule has 1 N–H and O–H groups in total. The van der Waals surface area contributed by atoms with Crippen molar-refractivity contribution in [2.75, 3.05) is 25.0 Å². The first kappa shape index (κ1) is 18.5. The van der Waals surface area contributed by atoms with Gasteiger partial charge >= 0.3 is 6.03 Å². The zero-order valence-corrected chi connectivity index (χ0v) is 16.8. The van der Waals surface area contributed by atoms with Crippen LogP contribution >= 0.6 is 0 Å². The van der Waals surface area contributed by atoms with E-state index in [2.05, 4.69) is 10.4 Å². The number of likely N-dealkylation sites (tertiary alicyclic amines) is 1. The number of nitrogens with one attached hydrogen (secondary N) is 1. The van der Waals surface area contributed by atoms with E-state index in [0.29, 0.717) is 25.2 Å². The van der Waals surface area contributed by atoms with Crippen molar-refractivity contribution in [2.45, 2.75) is 39.7 Å². The molecule has 3 heterocycles. The Balaban J connectivity index is 1.54. The van der Waals surface area contributed by atoms with Crippen LogP contribution in [0.15, 0.2) is 18.2 Å². The van der Waals surface area contributed by atoms with Gasteiger partial charge in [-0.3, -0.25) is 9.48 Å². The summed E-state index contributed by atoms with van der Waals surface area (Å²) in [6.45, 7) is 6.60. The van der Waals surface area contributed by atoms with Crippen LogP contribution in [0.25, 0.3) is 0 Å². The fraction of sp³-hybridized carbons (Fsp3) is 0.476. The molecule has 7 heteroatoms. The SMILES string of the molecule is Cc1ccc(C)c(NC(=O)N2CCc3c(c(C(=O)N4CCCC4)nn3C)C2)c1. The van der Waals surface area contributed by atoms with Gasteiger partial charge in [0.25, 0.3) is 5.91 Å². The van der Waals surface area contributed by atoms with E-state index in [1.165, 1.54) is 0 Å². The maximum Gasteiger partial charge on any atom is 0.322 e. The van der Waals surface area contributed by atoms with Crippen molar-refractivity contribution in [2.24, 2.45) is 7.05 Å². The van der Waals surface area contributed by atoms with Gasteiger partial charge in [0.15, 0.2) is 5.69 Å². The van der Waals surface area contributed by atoms with Crippen molar-refractivity contribution >= 4 is 17.6 Å². The van der Waals surface area contributed by atoms with Gasteiger partial charge in [0.05, 0.1) is 6.54 Å². The molecule has 148 valence electrons. The Morgan fingerprint density at radius 2 is 1.82 bits per heavy atom. The maximum atomic E-state index is 12.9. The first-order valence-electron chi connectivity index (χ1n) is 9.91. The van der Waals surface area contributed by atoms with Crippen LogP contribution in [0.1, 0.15) is 45.7 Å². The van der Waals surface area contributed by atoms with Gasteiger partial charge in [-0.05, 0) is 43.9 Å². The first-order valence-corrected chi connectivity index (χ1v) is 9.91. The Kier molecular flexibility index (Phi) is 4.83. The zero-order valence-electron chi connectivity index (χ0n) is 16.8. The summed E-state index contributed by atoms with van der Waals surface area (Å²) in [6.07, 6.45) is 2.79. The molecular weight excluding hydrogens is 354 g/mol. The second kappa shape index (κ2) is 7.30. The quantitative estimate of drug-likeness (QED) is 0.870. The lowest BCUT2D eigenvalue weighted by atomic mass is 10.0. The Hall–Kier alpha value is -2.83. The summed E-state index contributed by atoms with van der Waals surface area (Å²) >= 11 is 0. The predicted molar refractivity (Wildman–Crippen MR) is 107 cm³/mol. The molecule has 0 unspecified atom stereocenters. The molecule has 2 aliphatic heterocycles. The standard InChI is InChI=1S/C21H27N5O2/c1-14-6-7-15(2)17(12-14)22-21(28)26-11-8-18-16(13-26)19(23-24(18)3)20(27)25-9-4-5-10-25/h6-7,12H,4-5,8-11,13H2,1-3H3,(H,22,28). The fourth-order valence-corrected chi connectivity index (χ4v) is 4.07. The van der Waals surface area contributed by atoms with Crippen LogP contribution in [0.2, 0.25) is 0 Å². The Bertz CT molecular complexity index is 927. The molecule has 1 saturated heterocycles. The molecule has 28 heavy (non-hydrogen) atoms. The predicted octanol–water partition coefficient (Wildman–Crippen LogP) is 2.86. The summed E-state index contributed by atoms with van der Waals surface area (Å²) in [6, 6.07) is 5.88. The molecule has 1 fully saturated rings. The van der Waals surface area contributed by atoms with E-state index in [1.54, 1.807) is 9.58 Å². The van der Waals surface area contributed by atoms with E-state index in [1.807, 2.05) is 44.0 Å². The van der Waals surface area contributed by atoms with Gasteiger partial charge in [0, 0.05) is 50.0 Å². The van der Waals surface area contributed by atoms with Crippen LogP contribution in [0.4, 0.5) is 10.5 Å². The highest BCUT2D eigenvalue weighted by atomic mass is 16.2. The number of carbonyl (C=O) groups is 2. The second-order valence-electron chi connectivity index (χ2n) is 7.82. The Morgan fingerprint density at radius 3 is 2.57 bits per heavy atom. The van der Waals surface area contributed by atoms with Gasteiger partial charge in [0.2, 0.25) is 0 Å². The number of hydrogen-bond acceptors (Lipinski definition) is 3. The van der Waals surface area contributed by atoms with Gasteiger partial charge in [-0.2, -0.15) is 5.10 Å². The van der Waals surface area contributed by atoms with E-state index >= 15 is 0 Å². The lowest BCUT2D eigenvalue weighted by Gasteiger charge is -2.28. The lowest BCUT2D eigenvalue weighted by Crippen LogP contribution is -2.40. The van der Waals surface area contributed by atoms with Gasteiger partial charge in [-0.15, -0.1) is 0 Å². The average Bonchev–Trinajstić information content (AvgIpc) is 3.32. The summed E-state index contributed by atoms with van der Waals surface area (Å²) < 4.78 is 1.80. The van der Waals surface area contributed by atoms with Crippen LogP contribution in [-0.4, -0.2) is 51.2 Å². The molecule has 0 saturated carbocycles. The third-order valence-corrected chi connectivity index (χ3v) is 5.76. The van der Waals surface area contributed by atoms with E-state index in [9.17, 15) is 9.59 Å². The summed E-state index contributed by atoms with van der Waals surface area (Å²) in [5.41, 5.74) is 5.41. The maximum absolute atomic E-state index is 12.9. The van der Waals surface area contributed by atoms with Crippen molar-refractivity contribution in [3.05, 3.63) is 46.3 Å². The molecule has 0 atom stereocenters. The number of fused-ring (bicyclic) bond motifs is 1. The lowest BCUT2D eigenvalue weighted by molar-refractivity contribution is 0.0784. The molecule has 1 aromatic carbocycles. The molecule has 7 nitrogen and oxygen atoms in total. The molecule has 0 spiro atoms. The van der Waals surface area contributed by atoms with Crippen molar-refractivity contribution in [3.63, 3.8) is 0 Å². The van der Waals surface area contributed by atoms with E-state index in [-0.39, 0.29) is 11.9 Å². The smallest absolute Gasteiger partial charge is 0.322 e. The highest BCUT2D eigenvalue weighted by Crippen LogP contribution is 2.25. The monoisotopic (exact) mass is 381 g/mol. The number of benzene rings is 1. The minimum absolute atomic E-state index is 0.00821. The van der Waals surface area contributed by atoms with Crippen LogP contribution in [0.5, 0.6) is 0 Å². The third-order valence-electron chi connectivity index (χ3n) is 5.76. The van der Waals surface area contributed by atoms with Gasteiger partial charge in [-0.25, -0.2) is 4.79 Å². The van der Waals surface area contributed by atoms with E-state index in [4.69, 9.17) is 0 Å². The van der Waals surface area contributed by atoms with Gasteiger partial charge in [0.1, 0.15) is 0 Å². The Morgan fingerprint density at radius 1 is 1.07 bits per heavy atom. The number of nitrogens with zero attached hydrogens (tertiary/aromatic N) is 4. The van der Waals surface area contributed by atoms with Crippen LogP contribution in [-0.2, 0) is 20.0 Å².